The first-order valence-electron chi connectivity index (χ1n) is 16.3. The minimum atomic E-state index is -1.45. The molecule has 2 aromatic carbocycles. The molecule has 48 heavy (non-hydrogen) atoms. The van der Waals surface area contributed by atoms with Gasteiger partial charge in [0.1, 0.15) is 29.3 Å². The van der Waals surface area contributed by atoms with E-state index >= 15 is 0 Å². The van der Waals surface area contributed by atoms with Gasteiger partial charge in [0, 0.05) is 12.0 Å². The summed E-state index contributed by atoms with van der Waals surface area (Å²) in [5.41, 5.74) is 5.96. The number of nitrogens with two attached hydrogens (primary N) is 1. The molecule has 4 amide bonds. The molecule has 0 heterocycles. The maximum absolute atomic E-state index is 14.7. The Morgan fingerprint density at radius 3 is 1.88 bits per heavy atom. The predicted molar refractivity (Wildman–Crippen MR) is 185 cm³/mol. The number of rotatable bonds is 13. The van der Waals surface area contributed by atoms with Gasteiger partial charge in [-0.05, 0) is 97.9 Å². The fourth-order valence-electron chi connectivity index (χ4n) is 4.98. The van der Waals surface area contributed by atoms with Crippen LogP contribution >= 0.6 is 0 Å². The molecule has 11 nitrogen and oxygen atoms in total. The summed E-state index contributed by atoms with van der Waals surface area (Å²) in [5.74, 6) is -2.83. The van der Waals surface area contributed by atoms with E-state index in [-0.39, 0.29) is 6.42 Å². The van der Waals surface area contributed by atoms with E-state index < -0.39 is 71.1 Å². The molecular formula is C37H54N4O7. The van der Waals surface area contributed by atoms with Gasteiger partial charge in [-0.25, -0.2) is 9.59 Å². The molecule has 0 radical (unpaired) electrons. The average molecular weight is 667 g/mol. The number of carbonyl (C=O) groups is 5. The first kappa shape index (κ1) is 39.8. The van der Waals surface area contributed by atoms with E-state index in [0.717, 1.165) is 16.7 Å². The van der Waals surface area contributed by atoms with Crippen molar-refractivity contribution >= 4 is 29.8 Å². The lowest BCUT2D eigenvalue weighted by Crippen LogP contribution is -2.60. The van der Waals surface area contributed by atoms with Crippen LogP contribution in [0.3, 0.4) is 0 Å². The largest absolute Gasteiger partial charge is 0.458 e. The number of nitrogens with zero attached hydrogens (tertiary/aromatic N) is 1. The number of esters is 1. The smallest absolute Gasteiger partial charge is 0.408 e. The van der Waals surface area contributed by atoms with Gasteiger partial charge in [-0.15, -0.1) is 0 Å². The molecule has 0 aliphatic rings. The molecule has 264 valence electrons. The summed E-state index contributed by atoms with van der Waals surface area (Å²) in [4.78, 5) is 69.3. The van der Waals surface area contributed by atoms with E-state index in [9.17, 15) is 24.0 Å². The van der Waals surface area contributed by atoms with Crippen LogP contribution in [0.5, 0.6) is 0 Å². The molecule has 2 rings (SSSR count). The Morgan fingerprint density at radius 2 is 1.38 bits per heavy atom. The van der Waals surface area contributed by atoms with Crippen molar-refractivity contribution in [1.82, 2.24) is 15.5 Å². The van der Waals surface area contributed by atoms with E-state index in [0.29, 0.717) is 12.0 Å². The summed E-state index contributed by atoms with van der Waals surface area (Å²) in [6.45, 7) is 19.5. The lowest BCUT2D eigenvalue weighted by molar-refractivity contribution is -0.159. The lowest BCUT2D eigenvalue weighted by Gasteiger charge is -2.45. The normalized spacial score (nSPS) is 13.8. The van der Waals surface area contributed by atoms with Gasteiger partial charge in [0.25, 0.3) is 0 Å². The van der Waals surface area contributed by atoms with Crippen LogP contribution in [0.15, 0.2) is 48.5 Å². The third-order valence-corrected chi connectivity index (χ3v) is 7.79. The highest BCUT2D eigenvalue weighted by Crippen LogP contribution is 2.33. The van der Waals surface area contributed by atoms with Crippen molar-refractivity contribution in [2.75, 3.05) is 0 Å². The molecule has 0 aliphatic carbocycles. The number of ether oxygens (including phenoxy) is 2. The second-order valence-corrected chi connectivity index (χ2v) is 14.8. The zero-order chi connectivity index (χ0) is 36.6. The van der Waals surface area contributed by atoms with Crippen LogP contribution in [0.1, 0.15) is 103 Å². The van der Waals surface area contributed by atoms with Gasteiger partial charge in [0.15, 0.2) is 0 Å². The average Bonchev–Trinajstić information content (AvgIpc) is 2.94. The Hall–Kier alpha value is -4.41. The topological polar surface area (TPSA) is 157 Å². The maximum Gasteiger partial charge on any atom is 0.408 e. The van der Waals surface area contributed by atoms with Crippen LogP contribution in [0.4, 0.5) is 4.79 Å². The van der Waals surface area contributed by atoms with Crippen molar-refractivity contribution in [2.45, 2.75) is 130 Å². The number of nitrogens with one attached hydrogen (secondary N) is 2. The molecule has 0 fully saturated rings. The highest BCUT2D eigenvalue weighted by atomic mass is 16.6. The first-order chi connectivity index (χ1) is 22.0. The van der Waals surface area contributed by atoms with Crippen LogP contribution in [0.25, 0.3) is 0 Å². The van der Waals surface area contributed by atoms with Gasteiger partial charge in [-0.2, -0.15) is 0 Å². The van der Waals surface area contributed by atoms with Crippen molar-refractivity contribution in [3.63, 3.8) is 0 Å². The summed E-state index contributed by atoms with van der Waals surface area (Å²) in [5, 5.41) is 5.40. The van der Waals surface area contributed by atoms with Crippen molar-refractivity contribution in [2.24, 2.45) is 5.73 Å². The molecule has 2 aromatic rings. The van der Waals surface area contributed by atoms with Crippen LogP contribution in [-0.4, -0.2) is 63.5 Å². The predicted octanol–water partition coefficient (Wildman–Crippen LogP) is 5.20. The fourth-order valence-corrected chi connectivity index (χ4v) is 4.98. The Labute approximate surface area is 285 Å². The van der Waals surface area contributed by atoms with Gasteiger partial charge in [0.05, 0.1) is 6.42 Å². The minimum Gasteiger partial charge on any atom is -0.458 e. The molecule has 0 aromatic heterocycles. The van der Waals surface area contributed by atoms with Crippen LogP contribution in [0.2, 0.25) is 0 Å². The Bertz CT molecular complexity index is 1460. The van der Waals surface area contributed by atoms with Crippen LogP contribution in [-0.2, 0) is 35.1 Å². The summed E-state index contributed by atoms with van der Waals surface area (Å²) >= 11 is 0. The molecule has 11 heteroatoms. The highest BCUT2D eigenvalue weighted by molar-refractivity contribution is 5.96. The van der Waals surface area contributed by atoms with Gasteiger partial charge in [-0.1, -0.05) is 55.5 Å². The number of carbonyl (C=O) groups excluding carboxylic acids is 5. The van der Waals surface area contributed by atoms with Gasteiger partial charge < -0.3 is 30.7 Å². The van der Waals surface area contributed by atoms with Crippen molar-refractivity contribution in [3.8, 4) is 0 Å². The van der Waals surface area contributed by atoms with Crippen LogP contribution in [0, 0.1) is 13.8 Å². The summed E-state index contributed by atoms with van der Waals surface area (Å²) < 4.78 is 11.1. The highest BCUT2D eigenvalue weighted by Gasteiger charge is 2.44. The third kappa shape index (κ3) is 12.0. The van der Waals surface area contributed by atoms with E-state index in [1.165, 1.54) is 4.90 Å². The summed E-state index contributed by atoms with van der Waals surface area (Å²) in [6, 6.07) is 10.8. The second kappa shape index (κ2) is 16.1. The first-order valence-corrected chi connectivity index (χ1v) is 16.3. The molecule has 0 bridgehead atoms. The quantitative estimate of drug-likeness (QED) is 0.248. The minimum absolute atomic E-state index is 0.136. The van der Waals surface area contributed by atoms with Gasteiger partial charge >= 0.3 is 12.1 Å². The number of benzene rings is 2. The second-order valence-electron chi connectivity index (χ2n) is 14.8. The summed E-state index contributed by atoms with van der Waals surface area (Å²) in [7, 11) is 0. The summed E-state index contributed by atoms with van der Waals surface area (Å²) in [6.07, 6.45) is -0.930. The molecule has 0 aliphatic heterocycles. The number of amides is 4. The van der Waals surface area contributed by atoms with E-state index in [1.54, 1.807) is 61.5 Å². The van der Waals surface area contributed by atoms with Crippen molar-refractivity contribution in [3.05, 3.63) is 70.8 Å². The molecule has 3 atom stereocenters. The van der Waals surface area contributed by atoms with Crippen molar-refractivity contribution in [1.29, 1.82) is 0 Å². The Balaban J connectivity index is 2.75. The number of hydrogen-bond donors (Lipinski definition) is 3. The van der Waals surface area contributed by atoms with Gasteiger partial charge in [0.2, 0.25) is 17.7 Å². The van der Waals surface area contributed by atoms with Crippen molar-refractivity contribution < 1.29 is 33.4 Å². The molecular weight excluding hydrogens is 612 g/mol. The number of primary amides is 1. The molecule has 3 unspecified atom stereocenters. The standard InChI is InChI=1S/C37H54N4O7/c1-12-37(10,11)41(32(44)27(22-29(38)42)40-34(46)48-36(7,8)9)30(26-19-18-23(2)24(3)20-26)31(43)39-28(33(45)47-35(4,5)6)21-25-16-14-13-15-17-25/h13-20,27-28,30H,12,21-22H2,1-11H3,(H2,38,42)(H,39,43)(H,40,46). The number of aryl methyl sites for hydroxylation is 2. The molecule has 0 spiro atoms. The molecule has 0 saturated carbocycles. The van der Waals surface area contributed by atoms with E-state index in [4.69, 9.17) is 15.2 Å². The Morgan fingerprint density at radius 1 is 0.792 bits per heavy atom. The monoisotopic (exact) mass is 666 g/mol. The van der Waals surface area contributed by atoms with E-state index in [1.807, 2.05) is 63.2 Å². The zero-order valence-electron chi connectivity index (χ0n) is 30.4. The third-order valence-electron chi connectivity index (χ3n) is 7.79. The molecule has 4 N–H and O–H groups in total. The Kier molecular flexibility index (Phi) is 13.4. The maximum atomic E-state index is 14.7. The lowest BCUT2D eigenvalue weighted by atomic mass is 9.90. The molecule has 0 saturated heterocycles. The fraction of sp³-hybridized carbons (Fsp3) is 0.541. The SMILES string of the molecule is CCC(C)(C)N(C(=O)C(CC(N)=O)NC(=O)OC(C)(C)C)C(C(=O)NC(Cc1ccccc1)C(=O)OC(C)(C)C)c1ccc(C)c(C)c1. The van der Waals surface area contributed by atoms with Gasteiger partial charge in [-0.3, -0.25) is 14.4 Å². The number of alkyl carbamates (subject to hydrolysis) is 1. The zero-order valence-corrected chi connectivity index (χ0v) is 30.4. The van der Waals surface area contributed by atoms with E-state index in [2.05, 4.69) is 10.6 Å². The number of hydrogen-bond acceptors (Lipinski definition) is 7. The van der Waals surface area contributed by atoms with Crippen LogP contribution < -0.4 is 16.4 Å².